The number of hydrogen-bond acceptors (Lipinski definition) is 2. The third-order valence-electron chi connectivity index (χ3n) is 3.77. The van der Waals surface area contributed by atoms with Gasteiger partial charge in [0.2, 0.25) is 0 Å². The van der Waals surface area contributed by atoms with E-state index in [-0.39, 0.29) is 6.04 Å². The summed E-state index contributed by atoms with van der Waals surface area (Å²) in [5, 5.41) is 10.4. The van der Waals surface area contributed by atoms with Gasteiger partial charge in [-0.05, 0) is 59.1 Å². The molecule has 0 saturated carbocycles. The van der Waals surface area contributed by atoms with Gasteiger partial charge in [0.05, 0.1) is 17.8 Å². The molecule has 0 amide bonds. The van der Waals surface area contributed by atoms with E-state index in [1.165, 1.54) is 0 Å². The van der Waals surface area contributed by atoms with E-state index >= 15 is 0 Å². The summed E-state index contributed by atoms with van der Waals surface area (Å²) in [6.07, 6.45) is -0.471. The molecule has 0 heterocycles. The van der Waals surface area contributed by atoms with Gasteiger partial charge in [0.25, 0.3) is 0 Å². The highest BCUT2D eigenvalue weighted by Gasteiger charge is 2.17. The van der Waals surface area contributed by atoms with Crippen molar-refractivity contribution < 1.29 is 5.11 Å². The molecule has 0 bridgehead atoms. The van der Waals surface area contributed by atoms with E-state index in [9.17, 15) is 5.11 Å². The Morgan fingerprint density at radius 2 is 1.81 bits per heavy atom. The van der Waals surface area contributed by atoms with Crippen LogP contribution in [0.4, 0.5) is 5.69 Å². The second kappa shape index (κ2) is 6.82. The van der Waals surface area contributed by atoms with Crippen molar-refractivity contribution in [2.75, 3.05) is 11.9 Å². The molecule has 0 aromatic heterocycles. The lowest BCUT2D eigenvalue weighted by Gasteiger charge is -2.29. The smallest absolute Gasteiger partial charge is 0.0762 e. The standard InChI is InChI=1S/C17H19BrClNO/c1-11(14-6-4-5-7-16(14)19)20(3)17-9-8-13(12(2)21)10-15(17)18/h4-12,21H,1-3H3/t11?,12-/m0/s1. The third kappa shape index (κ3) is 3.60. The zero-order chi connectivity index (χ0) is 15.6. The highest BCUT2D eigenvalue weighted by molar-refractivity contribution is 9.10. The first-order chi connectivity index (χ1) is 9.91. The van der Waals surface area contributed by atoms with Crippen LogP contribution in [0.5, 0.6) is 0 Å². The van der Waals surface area contributed by atoms with E-state index in [1.54, 1.807) is 6.92 Å². The van der Waals surface area contributed by atoms with Crippen LogP contribution in [0, 0.1) is 0 Å². The van der Waals surface area contributed by atoms with Crippen LogP contribution < -0.4 is 4.90 Å². The fourth-order valence-electron chi connectivity index (χ4n) is 2.30. The molecule has 0 radical (unpaired) electrons. The van der Waals surface area contributed by atoms with Gasteiger partial charge in [-0.25, -0.2) is 0 Å². The van der Waals surface area contributed by atoms with Crippen LogP contribution in [0.1, 0.15) is 37.1 Å². The number of rotatable bonds is 4. The molecule has 1 N–H and O–H groups in total. The lowest BCUT2D eigenvalue weighted by molar-refractivity contribution is 0.199. The topological polar surface area (TPSA) is 23.5 Å². The SMILES string of the molecule is CC(c1ccccc1Cl)N(C)c1ccc([C@H](C)O)cc1Br. The summed E-state index contributed by atoms with van der Waals surface area (Å²) in [6, 6.07) is 13.9. The lowest BCUT2D eigenvalue weighted by atomic mass is 10.1. The van der Waals surface area contributed by atoms with Gasteiger partial charge in [-0.15, -0.1) is 0 Å². The highest BCUT2D eigenvalue weighted by Crippen LogP contribution is 2.35. The molecular formula is C17H19BrClNO. The molecule has 0 aliphatic carbocycles. The molecule has 2 atom stereocenters. The van der Waals surface area contributed by atoms with Crippen LogP contribution in [-0.4, -0.2) is 12.2 Å². The predicted octanol–water partition coefficient (Wildman–Crippen LogP) is 5.35. The Morgan fingerprint density at radius 3 is 2.38 bits per heavy atom. The van der Waals surface area contributed by atoms with Crippen LogP contribution >= 0.6 is 27.5 Å². The van der Waals surface area contributed by atoms with Crippen molar-refractivity contribution >= 4 is 33.2 Å². The molecule has 1 unspecified atom stereocenters. The minimum Gasteiger partial charge on any atom is -0.389 e. The summed E-state index contributed by atoms with van der Waals surface area (Å²) in [7, 11) is 2.04. The normalized spacial score (nSPS) is 13.8. The van der Waals surface area contributed by atoms with Crippen molar-refractivity contribution in [2.24, 2.45) is 0 Å². The van der Waals surface area contributed by atoms with Gasteiger partial charge in [0.15, 0.2) is 0 Å². The van der Waals surface area contributed by atoms with Gasteiger partial charge in [0, 0.05) is 16.5 Å². The summed E-state index contributed by atoms with van der Waals surface area (Å²) in [5.74, 6) is 0. The van der Waals surface area contributed by atoms with Gasteiger partial charge in [-0.2, -0.15) is 0 Å². The first-order valence-corrected chi connectivity index (χ1v) is 8.03. The molecule has 2 rings (SSSR count). The predicted molar refractivity (Wildman–Crippen MR) is 93.0 cm³/mol. The van der Waals surface area contributed by atoms with Crippen molar-refractivity contribution in [3.05, 3.63) is 63.1 Å². The van der Waals surface area contributed by atoms with Gasteiger partial charge in [-0.1, -0.05) is 35.9 Å². The number of nitrogens with zero attached hydrogens (tertiary/aromatic N) is 1. The number of aliphatic hydroxyl groups is 1. The fraction of sp³-hybridized carbons (Fsp3) is 0.294. The summed E-state index contributed by atoms with van der Waals surface area (Å²) in [5.41, 5.74) is 3.05. The second-order valence-corrected chi connectivity index (χ2v) is 6.46. The zero-order valence-corrected chi connectivity index (χ0v) is 14.7. The van der Waals surface area contributed by atoms with Crippen molar-refractivity contribution in [1.29, 1.82) is 0 Å². The Hall–Kier alpha value is -1.03. The Labute approximate surface area is 139 Å². The first kappa shape index (κ1) is 16.3. The van der Waals surface area contributed by atoms with Gasteiger partial charge in [0.1, 0.15) is 0 Å². The highest BCUT2D eigenvalue weighted by atomic mass is 79.9. The number of anilines is 1. The van der Waals surface area contributed by atoms with Crippen molar-refractivity contribution in [2.45, 2.75) is 26.0 Å². The number of benzene rings is 2. The van der Waals surface area contributed by atoms with Crippen LogP contribution in [0.15, 0.2) is 46.9 Å². The second-order valence-electron chi connectivity index (χ2n) is 5.20. The van der Waals surface area contributed by atoms with Crippen LogP contribution in [0.3, 0.4) is 0 Å². The maximum absolute atomic E-state index is 9.65. The summed E-state index contributed by atoms with van der Waals surface area (Å²) in [4.78, 5) is 2.16. The maximum atomic E-state index is 9.65. The molecule has 0 spiro atoms. The van der Waals surface area contributed by atoms with Crippen LogP contribution in [-0.2, 0) is 0 Å². The lowest BCUT2D eigenvalue weighted by Crippen LogP contribution is -2.22. The zero-order valence-electron chi connectivity index (χ0n) is 12.3. The molecule has 21 heavy (non-hydrogen) atoms. The number of hydrogen-bond donors (Lipinski definition) is 1. The molecule has 0 saturated heterocycles. The summed E-state index contributed by atoms with van der Waals surface area (Å²) >= 11 is 9.88. The van der Waals surface area contributed by atoms with Gasteiger partial charge >= 0.3 is 0 Å². The average Bonchev–Trinajstić information content (AvgIpc) is 2.46. The van der Waals surface area contributed by atoms with E-state index in [0.717, 1.165) is 26.3 Å². The van der Waals surface area contributed by atoms with E-state index < -0.39 is 6.10 Å². The number of halogens is 2. The van der Waals surface area contributed by atoms with E-state index in [4.69, 9.17) is 11.6 Å². The summed E-state index contributed by atoms with van der Waals surface area (Å²) in [6.45, 7) is 3.88. The van der Waals surface area contributed by atoms with E-state index in [1.807, 2.05) is 49.5 Å². The Kier molecular flexibility index (Phi) is 5.31. The third-order valence-corrected chi connectivity index (χ3v) is 4.75. The van der Waals surface area contributed by atoms with Crippen molar-refractivity contribution in [3.8, 4) is 0 Å². The molecule has 112 valence electrons. The largest absolute Gasteiger partial charge is 0.389 e. The minimum atomic E-state index is -0.471. The van der Waals surface area contributed by atoms with E-state index in [0.29, 0.717) is 0 Å². The monoisotopic (exact) mass is 367 g/mol. The van der Waals surface area contributed by atoms with E-state index in [2.05, 4.69) is 27.8 Å². The van der Waals surface area contributed by atoms with Crippen molar-refractivity contribution in [3.63, 3.8) is 0 Å². The molecule has 4 heteroatoms. The Balaban J connectivity index is 2.32. The van der Waals surface area contributed by atoms with Crippen molar-refractivity contribution in [1.82, 2.24) is 0 Å². The quantitative estimate of drug-likeness (QED) is 0.786. The van der Waals surface area contributed by atoms with Crippen LogP contribution in [0.2, 0.25) is 5.02 Å². The maximum Gasteiger partial charge on any atom is 0.0762 e. The molecule has 0 fully saturated rings. The molecule has 0 aliphatic rings. The fourth-order valence-corrected chi connectivity index (χ4v) is 3.27. The molecular weight excluding hydrogens is 350 g/mol. The van der Waals surface area contributed by atoms with Gasteiger partial charge < -0.3 is 10.0 Å². The molecule has 2 nitrogen and oxygen atoms in total. The summed E-state index contributed by atoms with van der Waals surface area (Å²) < 4.78 is 0.960. The Bertz CT molecular complexity index is 630. The molecule has 2 aromatic carbocycles. The average molecular weight is 369 g/mol. The minimum absolute atomic E-state index is 0.146. The molecule has 2 aromatic rings. The molecule has 0 aliphatic heterocycles. The van der Waals surface area contributed by atoms with Crippen LogP contribution in [0.25, 0.3) is 0 Å². The number of aliphatic hydroxyl groups excluding tert-OH is 1. The Morgan fingerprint density at radius 1 is 1.14 bits per heavy atom. The van der Waals surface area contributed by atoms with Gasteiger partial charge in [-0.3, -0.25) is 0 Å². The first-order valence-electron chi connectivity index (χ1n) is 6.86.